The molecular formula is C13H28O3. The van der Waals surface area contributed by atoms with E-state index in [1.807, 2.05) is 0 Å². The van der Waals surface area contributed by atoms with E-state index in [9.17, 15) is 0 Å². The molecule has 98 valence electrons. The topological polar surface area (TPSA) is 38.7 Å². The van der Waals surface area contributed by atoms with Crippen LogP contribution in [0, 0.1) is 0 Å². The highest BCUT2D eigenvalue weighted by Crippen LogP contribution is 2.11. The second kappa shape index (κ2) is 11.4. The van der Waals surface area contributed by atoms with E-state index < -0.39 is 0 Å². The lowest BCUT2D eigenvalue weighted by molar-refractivity contribution is -0.171. The van der Waals surface area contributed by atoms with Crippen LogP contribution in [0.4, 0.5) is 0 Å². The van der Waals surface area contributed by atoms with Crippen molar-refractivity contribution >= 4 is 0 Å². The summed E-state index contributed by atoms with van der Waals surface area (Å²) in [5.41, 5.74) is 0. The molecule has 0 aliphatic rings. The van der Waals surface area contributed by atoms with Crippen molar-refractivity contribution in [3.63, 3.8) is 0 Å². The Labute approximate surface area is 100 Å². The zero-order valence-electron chi connectivity index (χ0n) is 11.1. The molecule has 0 aliphatic carbocycles. The Balaban J connectivity index is 3.75. The third-order valence-corrected chi connectivity index (χ3v) is 2.61. The molecule has 0 amide bonds. The lowest BCUT2D eigenvalue weighted by Crippen LogP contribution is -2.23. The first-order valence-electron chi connectivity index (χ1n) is 6.62. The van der Waals surface area contributed by atoms with E-state index >= 15 is 0 Å². The van der Waals surface area contributed by atoms with Crippen molar-refractivity contribution < 1.29 is 14.6 Å². The molecule has 0 radical (unpaired) electrons. The first-order chi connectivity index (χ1) is 7.74. The smallest absolute Gasteiger partial charge is 0.157 e. The molecule has 0 bridgehead atoms. The molecule has 16 heavy (non-hydrogen) atoms. The molecule has 0 saturated carbocycles. The van der Waals surface area contributed by atoms with Gasteiger partial charge in [-0.05, 0) is 39.0 Å². The van der Waals surface area contributed by atoms with Crippen molar-refractivity contribution in [3.8, 4) is 0 Å². The Morgan fingerprint density at radius 1 is 1.12 bits per heavy atom. The lowest BCUT2D eigenvalue weighted by Gasteiger charge is -2.22. The van der Waals surface area contributed by atoms with Gasteiger partial charge in [0.15, 0.2) is 6.29 Å². The summed E-state index contributed by atoms with van der Waals surface area (Å²) in [6, 6.07) is 0. The van der Waals surface area contributed by atoms with Crippen LogP contribution < -0.4 is 0 Å². The number of unbranched alkanes of at least 4 members (excludes halogenated alkanes) is 2. The van der Waals surface area contributed by atoms with Crippen molar-refractivity contribution in [2.24, 2.45) is 0 Å². The molecule has 0 aromatic carbocycles. The van der Waals surface area contributed by atoms with Gasteiger partial charge < -0.3 is 14.6 Å². The first kappa shape index (κ1) is 15.9. The van der Waals surface area contributed by atoms with Gasteiger partial charge in [0.05, 0.1) is 6.10 Å². The Bertz CT molecular complexity index is 129. The summed E-state index contributed by atoms with van der Waals surface area (Å²) in [6.07, 6.45) is 6.07. The molecule has 0 saturated heterocycles. The Kier molecular flexibility index (Phi) is 11.3. The molecule has 2 unspecified atom stereocenters. The van der Waals surface area contributed by atoms with Crippen molar-refractivity contribution in [2.45, 2.75) is 71.7 Å². The van der Waals surface area contributed by atoms with Gasteiger partial charge in [0.25, 0.3) is 0 Å². The van der Waals surface area contributed by atoms with E-state index in [1.54, 1.807) is 0 Å². The molecule has 3 heteroatoms. The third-order valence-electron chi connectivity index (χ3n) is 2.61. The van der Waals surface area contributed by atoms with Crippen LogP contribution in [0.2, 0.25) is 0 Å². The quantitative estimate of drug-likeness (QED) is 0.439. The largest absolute Gasteiger partial charge is 0.396 e. The molecule has 0 rings (SSSR count). The van der Waals surface area contributed by atoms with Gasteiger partial charge in [0, 0.05) is 13.2 Å². The fourth-order valence-corrected chi connectivity index (χ4v) is 1.33. The van der Waals surface area contributed by atoms with Crippen LogP contribution in [0.1, 0.15) is 59.3 Å². The molecule has 3 nitrogen and oxygen atoms in total. The Morgan fingerprint density at radius 2 is 1.88 bits per heavy atom. The summed E-state index contributed by atoms with van der Waals surface area (Å²) in [5, 5.41) is 8.74. The normalized spacial score (nSPS) is 15.0. The summed E-state index contributed by atoms with van der Waals surface area (Å²) >= 11 is 0. The maximum atomic E-state index is 8.74. The van der Waals surface area contributed by atoms with Gasteiger partial charge in [-0.1, -0.05) is 20.3 Å². The standard InChI is InChI=1S/C13H28O3/c1-4-6-11-15-13(9-7-8-10-14)16-12(3)5-2/h12-14H,4-11H2,1-3H3. The average Bonchev–Trinajstić information content (AvgIpc) is 2.29. The fourth-order valence-electron chi connectivity index (χ4n) is 1.33. The molecule has 0 aromatic rings. The average molecular weight is 232 g/mol. The van der Waals surface area contributed by atoms with Crippen LogP contribution in [0.25, 0.3) is 0 Å². The molecule has 0 spiro atoms. The Morgan fingerprint density at radius 3 is 2.44 bits per heavy atom. The summed E-state index contributed by atoms with van der Waals surface area (Å²) in [5.74, 6) is 0. The van der Waals surface area contributed by atoms with Crippen LogP contribution in [0.5, 0.6) is 0 Å². The van der Waals surface area contributed by atoms with E-state index in [-0.39, 0.29) is 19.0 Å². The second-order valence-electron chi connectivity index (χ2n) is 4.23. The van der Waals surface area contributed by atoms with E-state index in [0.717, 1.165) is 45.1 Å². The van der Waals surface area contributed by atoms with Gasteiger partial charge in [-0.2, -0.15) is 0 Å². The molecule has 0 heterocycles. The molecule has 0 aliphatic heterocycles. The van der Waals surface area contributed by atoms with E-state index in [2.05, 4.69) is 20.8 Å². The van der Waals surface area contributed by atoms with Gasteiger partial charge in [-0.15, -0.1) is 0 Å². The Hall–Kier alpha value is -0.120. The second-order valence-corrected chi connectivity index (χ2v) is 4.23. The highest BCUT2D eigenvalue weighted by atomic mass is 16.7. The van der Waals surface area contributed by atoms with Crippen LogP contribution in [-0.4, -0.2) is 30.7 Å². The third kappa shape index (κ3) is 9.13. The molecule has 2 atom stereocenters. The lowest BCUT2D eigenvalue weighted by atomic mass is 10.2. The molecular weight excluding hydrogens is 204 g/mol. The number of aliphatic hydroxyl groups excluding tert-OH is 1. The zero-order valence-corrected chi connectivity index (χ0v) is 11.1. The maximum Gasteiger partial charge on any atom is 0.157 e. The minimum atomic E-state index is -0.0898. The predicted molar refractivity (Wildman–Crippen MR) is 66.4 cm³/mol. The first-order valence-corrected chi connectivity index (χ1v) is 6.62. The van der Waals surface area contributed by atoms with Crippen molar-refractivity contribution in [1.82, 2.24) is 0 Å². The zero-order chi connectivity index (χ0) is 12.2. The van der Waals surface area contributed by atoms with Gasteiger partial charge in [0.1, 0.15) is 0 Å². The van der Waals surface area contributed by atoms with Gasteiger partial charge >= 0.3 is 0 Å². The highest BCUT2D eigenvalue weighted by molar-refractivity contribution is 4.52. The van der Waals surface area contributed by atoms with Crippen LogP contribution in [-0.2, 0) is 9.47 Å². The van der Waals surface area contributed by atoms with Crippen LogP contribution in [0.15, 0.2) is 0 Å². The van der Waals surface area contributed by atoms with Crippen LogP contribution in [0.3, 0.4) is 0 Å². The van der Waals surface area contributed by atoms with E-state index in [4.69, 9.17) is 14.6 Å². The molecule has 1 N–H and O–H groups in total. The predicted octanol–water partition coefficient (Wildman–Crippen LogP) is 3.11. The van der Waals surface area contributed by atoms with Crippen molar-refractivity contribution in [1.29, 1.82) is 0 Å². The summed E-state index contributed by atoms with van der Waals surface area (Å²) in [6.45, 7) is 7.37. The number of ether oxygens (including phenoxy) is 2. The van der Waals surface area contributed by atoms with Crippen molar-refractivity contribution in [3.05, 3.63) is 0 Å². The van der Waals surface area contributed by atoms with E-state index in [1.165, 1.54) is 0 Å². The summed E-state index contributed by atoms with van der Waals surface area (Å²) in [4.78, 5) is 0. The molecule has 0 aromatic heterocycles. The highest BCUT2D eigenvalue weighted by Gasteiger charge is 2.12. The van der Waals surface area contributed by atoms with Crippen LogP contribution >= 0.6 is 0 Å². The SMILES string of the molecule is CCCCOC(CCCCO)OC(C)CC. The summed E-state index contributed by atoms with van der Waals surface area (Å²) in [7, 11) is 0. The number of hydrogen-bond donors (Lipinski definition) is 1. The monoisotopic (exact) mass is 232 g/mol. The van der Waals surface area contributed by atoms with Crippen molar-refractivity contribution in [2.75, 3.05) is 13.2 Å². The number of aliphatic hydroxyl groups is 1. The number of rotatable bonds is 11. The fraction of sp³-hybridized carbons (Fsp3) is 1.00. The minimum absolute atomic E-state index is 0.0898. The van der Waals surface area contributed by atoms with Gasteiger partial charge in [-0.25, -0.2) is 0 Å². The number of hydrogen-bond acceptors (Lipinski definition) is 3. The summed E-state index contributed by atoms with van der Waals surface area (Å²) < 4.78 is 11.5. The van der Waals surface area contributed by atoms with Gasteiger partial charge in [-0.3, -0.25) is 0 Å². The van der Waals surface area contributed by atoms with Gasteiger partial charge in [0.2, 0.25) is 0 Å². The van der Waals surface area contributed by atoms with E-state index in [0.29, 0.717) is 0 Å². The minimum Gasteiger partial charge on any atom is -0.396 e. The molecule has 0 fully saturated rings. The maximum absolute atomic E-state index is 8.74.